The molecule has 0 aliphatic rings. The lowest BCUT2D eigenvalue weighted by Crippen LogP contribution is -2.46. The summed E-state index contributed by atoms with van der Waals surface area (Å²) in [5.41, 5.74) is 0. The Labute approximate surface area is 90.1 Å². The van der Waals surface area contributed by atoms with Crippen molar-refractivity contribution in [2.24, 2.45) is 5.92 Å². The second kappa shape index (κ2) is 7.23. The Bertz CT molecular complexity index is 215. The smallest absolute Gasteiger partial charge is 0.328 e. The third-order valence-electron chi connectivity index (χ3n) is 1.88. The highest BCUT2D eigenvalue weighted by atomic mass is 16.5. The normalized spacial score (nSPS) is 12.3. The molecule has 0 rings (SSSR count). The monoisotopic (exact) mass is 217 g/mol. The van der Waals surface area contributed by atoms with Gasteiger partial charge in [-0.1, -0.05) is 13.8 Å². The topological polar surface area (TPSA) is 64.6 Å². The maximum atomic E-state index is 11.3. The maximum Gasteiger partial charge on any atom is 0.328 e. The van der Waals surface area contributed by atoms with Gasteiger partial charge >= 0.3 is 5.97 Å². The number of nitrogens with one attached hydrogen (secondary N) is 1. The molecule has 0 aliphatic heterocycles. The average Bonchev–Trinajstić information content (AvgIpc) is 2.21. The second-order valence-electron chi connectivity index (χ2n) is 3.45. The fourth-order valence-corrected chi connectivity index (χ4v) is 1.03. The van der Waals surface area contributed by atoms with Gasteiger partial charge in [-0.2, -0.15) is 0 Å². The third kappa shape index (κ3) is 5.37. The molecule has 0 heterocycles. The molecule has 88 valence electrons. The van der Waals surface area contributed by atoms with Crippen molar-refractivity contribution in [1.29, 1.82) is 0 Å². The molecule has 0 saturated carbocycles. The van der Waals surface area contributed by atoms with Crippen molar-refractivity contribution in [2.45, 2.75) is 26.8 Å². The van der Waals surface area contributed by atoms with E-state index in [1.165, 1.54) is 7.11 Å². The molecule has 1 N–H and O–H groups in total. The quantitative estimate of drug-likeness (QED) is 0.651. The highest BCUT2D eigenvalue weighted by Gasteiger charge is 2.24. The standard InChI is InChI=1S/C10H19NO4/c1-5-15-6-8(12)11-9(7(2)3)10(13)14-4/h7,9H,5-6H2,1-4H3,(H,11,12)/t9-/m1/s1. The molecule has 0 aromatic heterocycles. The van der Waals surface area contributed by atoms with Gasteiger partial charge in [0.05, 0.1) is 7.11 Å². The van der Waals surface area contributed by atoms with Crippen LogP contribution in [0.5, 0.6) is 0 Å². The Morgan fingerprint density at radius 1 is 1.33 bits per heavy atom. The Balaban J connectivity index is 4.17. The van der Waals surface area contributed by atoms with E-state index >= 15 is 0 Å². The lowest BCUT2D eigenvalue weighted by atomic mass is 10.0. The molecule has 0 unspecified atom stereocenters. The third-order valence-corrected chi connectivity index (χ3v) is 1.88. The van der Waals surface area contributed by atoms with Crippen LogP contribution in [0.25, 0.3) is 0 Å². The first-order valence-electron chi connectivity index (χ1n) is 4.97. The fourth-order valence-electron chi connectivity index (χ4n) is 1.03. The van der Waals surface area contributed by atoms with E-state index in [1.54, 1.807) is 6.92 Å². The fraction of sp³-hybridized carbons (Fsp3) is 0.800. The number of carbonyl (C=O) groups is 2. The largest absolute Gasteiger partial charge is 0.467 e. The molecule has 0 fully saturated rings. The summed E-state index contributed by atoms with van der Waals surface area (Å²) in [6, 6.07) is -0.608. The zero-order valence-corrected chi connectivity index (χ0v) is 9.70. The molecule has 0 saturated heterocycles. The van der Waals surface area contributed by atoms with Gasteiger partial charge in [-0.05, 0) is 12.8 Å². The van der Waals surface area contributed by atoms with E-state index in [9.17, 15) is 9.59 Å². The van der Waals surface area contributed by atoms with Crippen molar-refractivity contribution in [3.05, 3.63) is 0 Å². The molecule has 5 nitrogen and oxygen atoms in total. The van der Waals surface area contributed by atoms with Gasteiger partial charge in [0.2, 0.25) is 5.91 Å². The number of esters is 1. The number of methoxy groups -OCH3 is 1. The first kappa shape index (κ1) is 13.9. The molecule has 0 aromatic carbocycles. The lowest BCUT2D eigenvalue weighted by molar-refractivity contribution is -0.146. The van der Waals surface area contributed by atoms with E-state index in [0.717, 1.165) is 0 Å². The molecular formula is C10H19NO4. The van der Waals surface area contributed by atoms with Gasteiger partial charge in [0, 0.05) is 6.61 Å². The summed E-state index contributed by atoms with van der Waals surface area (Å²) in [7, 11) is 1.30. The van der Waals surface area contributed by atoms with Gasteiger partial charge in [-0.15, -0.1) is 0 Å². The van der Waals surface area contributed by atoms with Crippen LogP contribution in [0.1, 0.15) is 20.8 Å². The van der Waals surface area contributed by atoms with Gasteiger partial charge in [0.25, 0.3) is 0 Å². The number of hydrogen-bond acceptors (Lipinski definition) is 4. The Morgan fingerprint density at radius 3 is 2.33 bits per heavy atom. The summed E-state index contributed by atoms with van der Waals surface area (Å²) in [6.07, 6.45) is 0. The van der Waals surface area contributed by atoms with Crippen LogP contribution >= 0.6 is 0 Å². The number of hydrogen-bond donors (Lipinski definition) is 1. The van der Waals surface area contributed by atoms with Crippen LogP contribution in [-0.4, -0.2) is 38.2 Å². The van der Waals surface area contributed by atoms with Gasteiger partial charge in [0.15, 0.2) is 0 Å². The summed E-state index contributed by atoms with van der Waals surface area (Å²) in [5, 5.41) is 2.56. The predicted octanol–water partition coefficient (Wildman–Crippen LogP) is 0.337. The van der Waals surface area contributed by atoms with Crippen molar-refractivity contribution in [3.8, 4) is 0 Å². The average molecular weight is 217 g/mol. The summed E-state index contributed by atoms with van der Waals surface area (Å²) >= 11 is 0. The number of amides is 1. The molecule has 1 amide bonds. The zero-order chi connectivity index (χ0) is 11.8. The highest BCUT2D eigenvalue weighted by Crippen LogP contribution is 2.03. The van der Waals surface area contributed by atoms with E-state index in [0.29, 0.717) is 6.61 Å². The number of carbonyl (C=O) groups excluding carboxylic acids is 2. The first-order chi connectivity index (χ1) is 7.02. The van der Waals surface area contributed by atoms with Crippen molar-refractivity contribution in [3.63, 3.8) is 0 Å². The van der Waals surface area contributed by atoms with Gasteiger partial charge in [0.1, 0.15) is 12.6 Å². The van der Waals surface area contributed by atoms with Crippen LogP contribution in [0.2, 0.25) is 0 Å². The van der Waals surface area contributed by atoms with Crippen molar-refractivity contribution in [1.82, 2.24) is 5.32 Å². The molecular weight excluding hydrogens is 198 g/mol. The van der Waals surface area contributed by atoms with E-state index in [4.69, 9.17) is 4.74 Å². The van der Waals surface area contributed by atoms with Crippen LogP contribution < -0.4 is 5.32 Å². The molecule has 0 aromatic rings. The summed E-state index contributed by atoms with van der Waals surface area (Å²) in [4.78, 5) is 22.6. The molecule has 15 heavy (non-hydrogen) atoms. The van der Waals surface area contributed by atoms with E-state index in [1.807, 2.05) is 13.8 Å². The SMILES string of the molecule is CCOCC(=O)N[C@@H](C(=O)OC)C(C)C. The van der Waals surface area contributed by atoms with Gasteiger partial charge in [-0.25, -0.2) is 4.79 Å². The molecule has 0 aliphatic carbocycles. The van der Waals surface area contributed by atoms with Crippen LogP contribution in [0.4, 0.5) is 0 Å². The number of rotatable bonds is 6. The molecule has 1 atom stereocenters. The summed E-state index contributed by atoms with van der Waals surface area (Å²) in [5.74, 6) is -0.751. The minimum Gasteiger partial charge on any atom is -0.467 e. The Hall–Kier alpha value is -1.10. The Morgan fingerprint density at radius 2 is 1.93 bits per heavy atom. The Kier molecular flexibility index (Phi) is 6.70. The lowest BCUT2D eigenvalue weighted by Gasteiger charge is -2.19. The van der Waals surface area contributed by atoms with Crippen molar-refractivity contribution >= 4 is 11.9 Å². The van der Waals surface area contributed by atoms with Crippen LogP contribution in [0, 0.1) is 5.92 Å². The van der Waals surface area contributed by atoms with E-state index < -0.39 is 12.0 Å². The molecule has 0 bridgehead atoms. The highest BCUT2D eigenvalue weighted by molar-refractivity contribution is 5.85. The minimum absolute atomic E-state index is 0.0111. The van der Waals surface area contributed by atoms with E-state index in [2.05, 4.69) is 10.1 Å². The molecule has 5 heteroatoms. The van der Waals surface area contributed by atoms with Crippen LogP contribution in [0.3, 0.4) is 0 Å². The molecule has 0 radical (unpaired) electrons. The number of ether oxygens (including phenoxy) is 2. The predicted molar refractivity (Wildman–Crippen MR) is 55.3 cm³/mol. The van der Waals surface area contributed by atoms with Gasteiger partial charge in [-0.3, -0.25) is 4.79 Å². The summed E-state index contributed by atoms with van der Waals surface area (Å²) < 4.78 is 9.51. The minimum atomic E-state index is -0.608. The van der Waals surface area contributed by atoms with E-state index in [-0.39, 0.29) is 18.4 Å². The second-order valence-corrected chi connectivity index (χ2v) is 3.45. The van der Waals surface area contributed by atoms with Crippen molar-refractivity contribution < 1.29 is 19.1 Å². The molecule has 0 spiro atoms. The van der Waals surface area contributed by atoms with Gasteiger partial charge < -0.3 is 14.8 Å². The van der Waals surface area contributed by atoms with Crippen LogP contribution in [0.15, 0.2) is 0 Å². The van der Waals surface area contributed by atoms with Crippen molar-refractivity contribution in [2.75, 3.05) is 20.3 Å². The maximum absolute atomic E-state index is 11.3. The van der Waals surface area contributed by atoms with Crippen LogP contribution in [-0.2, 0) is 19.1 Å². The first-order valence-corrected chi connectivity index (χ1v) is 4.97. The zero-order valence-electron chi connectivity index (χ0n) is 9.70. The summed E-state index contributed by atoms with van der Waals surface area (Å²) in [6.45, 7) is 5.91.